The Morgan fingerprint density at radius 3 is 3.17 bits per heavy atom. The van der Waals surface area contributed by atoms with Crippen LogP contribution in [0, 0.1) is 0 Å². The largest absolute Gasteiger partial charge is 0.317 e. The maximum absolute atomic E-state index is 12.0. The molecule has 0 fully saturated rings. The number of nitrogens with one attached hydrogen (secondary N) is 2. The van der Waals surface area contributed by atoms with Crippen LogP contribution in [0.4, 0.5) is 5.95 Å². The Hall–Kier alpha value is -2.49. The molecule has 0 saturated carbocycles. The van der Waals surface area contributed by atoms with Crippen LogP contribution in [0.15, 0.2) is 17.3 Å². The molecule has 3 heterocycles. The van der Waals surface area contributed by atoms with Crippen molar-refractivity contribution in [1.29, 1.82) is 0 Å². The van der Waals surface area contributed by atoms with Crippen molar-refractivity contribution in [3.63, 3.8) is 0 Å². The van der Waals surface area contributed by atoms with E-state index in [1.54, 1.807) is 17.2 Å². The van der Waals surface area contributed by atoms with Gasteiger partial charge in [0.15, 0.2) is 0 Å². The van der Waals surface area contributed by atoms with Gasteiger partial charge in [-0.15, -0.1) is 0 Å². The van der Waals surface area contributed by atoms with Gasteiger partial charge in [-0.1, -0.05) is 5.10 Å². The van der Waals surface area contributed by atoms with Crippen LogP contribution in [0.1, 0.15) is 0 Å². The molecule has 9 nitrogen and oxygen atoms in total. The van der Waals surface area contributed by atoms with Gasteiger partial charge in [-0.25, -0.2) is 14.3 Å². The fraction of sp³-hybridized carbons (Fsp3) is 0.125. The number of amides is 1. The summed E-state index contributed by atoms with van der Waals surface area (Å²) in [6.07, 6.45) is 4.96. The van der Waals surface area contributed by atoms with E-state index in [-0.39, 0.29) is 17.4 Å². The van der Waals surface area contributed by atoms with E-state index in [4.69, 9.17) is 0 Å². The number of fused-ring (bicyclic) bond motifs is 1. The summed E-state index contributed by atoms with van der Waals surface area (Å²) >= 11 is 0. The average molecular weight is 265 g/mol. The van der Waals surface area contributed by atoms with Crippen LogP contribution in [-0.4, -0.2) is 58.4 Å². The second-order valence-electron chi connectivity index (χ2n) is 3.43. The SMILES string of the molecule is O=C(Nc1nnn[nH]1)C1=S(=O)=C2N=CC=CN2C1. The lowest BCUT2D eigenvalue weighted by Crippen LogP contribution is -2.31. The highest BCUT2D eigenvalue weighted by molar-refractivity contribution is 7.86. The van der Waals surface area contributed by atoms with Crippen molar-refractivity contribution in [3.8, 4) is 0 Å². The van der Waals surface area contributed by atoms with Crippen LogP contribution in [0.3, 0.4) is 0 Å². The van der Waals surface area contributed by atoms with E-state index in [2.05, 4.69) is 30.9 Å². The summed E-state index contributed by atoms with van der Waals surface area (Å²) in [4.78, 5) is 17.7. The number of carbonyl (C=O) groups is 1. The molecule has 0 radical (unpaired) electrons. The lowest BCUT2D eigenvalue weighted by molar-refractivity contribution is -0.110. The number of tetrazole rings is 1. The molecule has 1 aromatic heterocycles. The van der Waals surface area contributed by atoms with Crippen LogP contribution in [0.5, 0.6) is 0 Å². The Kier molecular flexibility index (Phi) is 2.41. The van der Waals surface area contributed by atoms with Gasteiger partial charge >= 0.3 is 0 Å². The Balaban J connectivity index is 1.90. The lowest BCUT2D eigenvalue weighted by Gasteiger charge is -2.14. The molecule has 2 aliphatic heterocycles. The molecule has 0 unspecified atom stereocenters. The second-order valence-corrected chi connectivity index (χ2v) is 4.82. The van der Waals surface area contributed by atoms with Gasteiger partial charge in [0.05, 0.1) is 16.5 Å². The summed E-state index contributed by atoms with van der Waals surface area (Å²) in [5.74, 6) is -0.379. The normalized spacial score (nSPS) is 17.3. The highest BCUT2D eigenvalue weighted by Crippen LogP contribution is 2.06. The highest BCUT2D eigenvalue weighted by Gasteiger charge is 2.26. The molecule has 0 bridgehead atoms. The number of aromatic amines is 1. The second kappa shape index (κ2) is 4.07. The van der Waals surface area contributed by atoms with E-state index in [1.807, 2.05) is 0 Å². The van der Waals surface area contributed by atoms with Gasteiger partial charge in [0.1, 0.15) is 4.86 Å². The van der Waals surface area contributed by atoms with Gasteiger partial charge in [-0.05, 0) is 16.5 Å². The Bertz CT molecular complexity index is 700. The van der Waals surface area contributed by atoms with Crippen LogP contribution in [-0.2, 0) is 14.8 Å². The quantitative estimate of drug-likeness (QED) is 0.601. The molecule has 2 N–H and O–H groups in total. The number of allylic oxidation sites excluding steroid dienone is 1. The zero-order chi connectivity index (χ0) is 12.5. The first-order valence-electron chi connectivity index (χ1n) is 4.93. The number of aliphatic imine (C=N–C) groups is 1. The average Bonchev–Trinajstić information content (AvgIpc) is 2.98. The molecule has 0 saturated heterocycles. The van der Waals surface area contributed by atoms with Crippen molar-refractivity contribution in [1.82, 2.24) is 25.5 Å². The number of anilines is 1. The number of rotatable bonds is 2. The number of H-pyrrole nitrogens is 1. The van der Waals surface area contributed by atoms with Crippen molar-refractivity contribution in [2.24, 2.45) is 4.99 Å². The molecule has 0 atom stereocenters. The van der Waals surface area contributed by atoms with Gasteiger partial charge in [-0.2, -0.15) is 0 Å². The fourth-order valence-electron chi connectivity index (χ4n) is 1.53. The van der Waals surface area contributed by atoms with Crippen LogP contribution in [0.2, 0.25) is 0 Å². The molecular weight excluding hydrogens is 258 g/mol. The monoisotopic (exact) mass is 265 g/mol. The van der Waals surface area contributed by atoms with Crippen molar-refractivity contribution < 1.29 is 9.00 Å². The minimum absolute atomic E-state index is 0.110. The van der Waals surface area contributed by atoms with E-state index in [9.17, 15) is 9.00 Å². The number of aromatic nitrogens is 4. The summed E-state index contributed by atoms with van der Waals surface area (Å²) in [6, 6.07) is 0. The molecule has 3 rings (SSSR count). The summed E-state index contributed by atoms with van der Waals surface area (Å²) in [7, 11) is -1.55. The molecule has 2 aliphatic rings. The molecule has 18 heavy (non-hydrogen) atoms. The van der Waals surface area contributed by atoms with E-state index in [1.165, 1.54) is 6.21 Å². The zero-order valence-electron chi connectivity index (χ0n) is 8.90. The maximum atomic E-state index is 12.0. The third-order valence-electron chi connectivity index (χ3n) is 2.32. The molecule has 0 aromatic carbocycles. The summed E-state index contributed by atoms with van der Waals surface area (Å²) in [5.41, 5.74) is 0. The first kappa shape index (κ1) is 10.7. The predicted octanol–water partition coefficient (Wildman–Crippen LogP) is -1.94. The fourth-order valence-corrected chi connectivity index (χ4v) is 2.72. The van der Waals surface area contributed by atoms with E-state index >= 15 is 0 Å². The van der Waals surface area contributed by atoms with E-state index in [0.717, 1.165) is 0 Å². The number of hydrogen-bond donors (Lipinski definition) is 2. The third kappa shape index (κ3) is 1.68. The third-order valence-corrected chi connectivity index (χ3v) is 3.75. The van der Waals surface area contributed by atoms with E-state index < -0.39 is 15.9 Å². The number of nitrogens with zero attached hydrogens (tertiary/aromatic N) is 5. The molecule has 1 aromatic rings. The summed E-state index contributed by atoms with van der Waals surface area (Å²) < 4.78 is 12.0. The Morgan fingerprint density at radius 2 is 2.44 bits per heavy atom. The molecule has 0 spiro atoms. The Morgan fingerprint density at radius 1 is 1.56 bits per heavy atom. The lowest BCUT2D eigenvalue weighted by atomic mass is 10.3. The molecule has 92 valence electrons. The first-order valence-corrected chi connectivity index (χ1v) is 6.08. The smallest absolute Gasteiger partial charge is 0.268 e. The van der Waals surface area contributed by atoms with E-state index in [0.29, 0.717) is 5.11 Å². The standard InChI is InChI=1S/C8H7N7O2S/c16-6(10-7-11-13-14-12-7)5-4-15-3-1-2-9-8(15)18(5)17/h1-3H,4H2,(H2,10,11,12,13,14,16). The topological polar surface area (TPSA) is 116 Å². The minimum atomic E-state index is -1.55. The van der Waals surface area contributed by atoms with Crippen LogP contribution < -0.4 is 5.32 Å². The van der Waals surface area contributed by atoms with Gasteiger partial charge in [0.2, 0.25) is 11.1 Å². The minimum Gasteiger partial charge on any atom is -0.317 e. The predicted molar refractivity (Wildman–Crippen MR) is 65.3 cm³/mol. The summed E-state index contributed by atoms with van der Waals surface area (Å²) in [5, 5.41) is 15.3. The van der Waals surface area contributed by atoms with Gasteiger partial charge in [-0.3, -0.25) is 10.1 Å². The highest BCUT2D eigenvalue weighted by atomic mass is 32.1. The molecular formula is C8H7N7O2S. The molecule has 10 heteroatoms. The number of hydrogen-bond acceptors (Lipinski definition) is 7. The molecule has 1 amide bonds. The van der Waals surface area contributed by atoms with Gasteiger partial charge < -0.3 is 4.90 Å². The van der Waals surface area contributed by atoms with Crippen molar-refractivity contribution >= 4 is 38.0 Å². The molecule has 0 aliphatic carbocycles. The van der Waals surface area contributed by atoms with Crippen LogP contribution in [0.25, 0.3) is 0 Å². The van der Waals surface area contributed by atoms with Gasteiger partial charge in [0.25, 0.3) is 5.91 Å². The van der Waals surface area contributed by atoms with Crippen molar-refractivity contribution in [2.75, 3.05) is 11.9 Å². The first-order chi connectivity index (χ1) is 8.75. The van der Waals surface area contributed by atoms with Crippen molar-refractivity contribution in [2.45, 2.75) is 0 Å². The van der Waals surface area contributed by atoms with Gasteiger partial charge in [0, 0.05) is 12.4 Å². The number of carbonyl (C=O) groups excluding carboxylic acids is 1. The zero-order valence-corrected chi connectivity index (χ0v) is 9.72. The van der Waals surface area contributed by atoms with Crippen LogP contribution >= 0.6 is 0 Å². The Labute approximate surface area is 102 Å². The summed E-state index contributed by atoms with van der Waals surface area (Å²) in [6.45, 7) is 0.239. The maximum Gasteiger partial charge on any atom is 0.268 e. The van der Waals surface area contributed by atoms with Crippen molar-refractivity contribution in [3.05, 3.63) is 12.3 Å².